The number of nitrogens with two attached hydrogens (primary N) is 1. The van der Waals surface area contributed by atoms with Crippen LogP contribution in [0.5, 0.6) is 0 Å². The maximum Gasteiger partial charge on any atom is 0.238 e. The quantitative estimate of drug-likeness (QED) is 0.821. The molecule has 1 aromatic carbocycles. The first-order valence-electron chi connectivity index (χ1n) is 6.71. The number of carbonyl (C=O) groups excluding carboxylic acids is 1. The fourth-order valence-corrected chi connectivity index (χ4v) is 2.06. The van der Waals surface area contributed by atoms with E-state index in [1.54, 1.807) is 0 Å². The summed E-state index contributed by atoms with van der Waals surface area (Å²) in [4.78, 5) is 13.9. The van der Waals surface area contributed by atoms with Gasteiger partial charge in [0.2, 0.25) is 5.91 Å². The van der Waals surface area contributed by atoms with E-state index in [-0.39, 0.29) is 12.5 Å². The third-order valence-electron chi connectivity index (χ3n) is 3.00. The number of hydrogen-bond acceptors (Lipinski definition) is 5. The Balaban J connectivity index is 1.89. The molecule has 2 rings (SSSR count). The minimum Gasteiger partial charge on any atom is -0.397 e. The number of anilines is 2. The van der Waals surface area contributed by atoms with Crippen molar-refractivity contribution >= 4 is 17.3 Å². The van der Waals surface area contributed by atoms with E-state index < -0.39 is 0 Å². The summed E-state index contributed by atoms with van der Waals surface area (Å²) in [5.74, 6) is 0.642. The van der Waals surface area contributed by atoms with Gasteiger partial charge in [-0.2, -0.15) is 0 Å². The highest BCUT2D eigenvalue weighted by molar-refractivity contribution is 5.95. The van der Waals surface area contributed by atoms with Gasteiger partial charge in [0, 0.05) is 12.6 Å². The number of likely N-dealkylation sites (N-methyl/N-ethyl adjacent to an activating group) is 1. The lowest BCUT2D eigenvalue weighted by molar-refractivity contribution is -0.117. The molecule has 2 aromatic rings. The molecule has 0 aliphatic heterocycles. The standard InChI is InChI=1S/C15H20N4O2/c1-10-4-5-14(13(16)6-10)17-15(20)9-19(3)8-12-7-11(2)21-18-12/h4-7H,8-9,16H2,1-3H3,(H,17,20). The van der Waals surface area contributed by atoms with Gasteiger partial charge in [0.1, 0.15) is 5.76 Å². The highest BCUT2D eigenvalue weighted by Gasteiger charge is 2.11. The first-order valence-corrected chi connectivity index (χ1v) is 6.71. The molecular formula is C15H20N4O2. The molecular weight excluding hydrogens is 268 g/mol. The van der Waals surface area contributed by atoms with Crippen molar-refractivity contribution in [3.8, 4) is 0 Å². The first kappa shape index (κ1) is 15.1. The summed E-state index contributed by atoms with van der Waals surface area (Å²) in [5.41, 5.74) is 8.94. The van der Waals surface area contributed by atoms with Crippen LogP contribution in [0, 0.1) is 13.8 Å². The summed E-state index contributed by atoms with van der Waals surface area (Å²) >= 11 is 0. The zero-order valence-corrected chi connectivity index (χ0v) is 12.5. The average Bonchev–Trinajstić information content (AvgIpc) is 2.78. The van der Waals surface area contributed by atoms with Crippen molar-refractivity contribution in [3.05, 3.63) is 41.3 Å². The Morgan fingerprint density at radius 1 is 1.38 bits per heavy atom. The monoisotopic (exact) mass is 288 g/mol. The van der Waals surface area contributed by atoms with Crippen molar-refractivity contribution in [3.63, 3.8) is 0 Å². The molecule has 0 radical (unpaired) electrons. The van der Waals surface area contributed by atoms with Crippen LogP contribution in [0.2, 0.25) is 0 Å². The molecule has 0 bridgehead atoms. The summed E-state index contributed by atoms with van der Waals surface area (Å²) in [7, 11) is 1.85. The number of nitrogens with one attached hydrogen (secondary N) is 1. The molecule has 1 amide bonds. The van der Waals surface area contributed by atoms with Crippen LogP contribution in [0.15, 0.2) is 28.8 Å². The van der Waals surface area contributed by atoms with Gasteiger partial charge in [0.25, 0.3) is 0 Å². The van der Waals surface area contributed by atoms with Gasteiger partial charge in [-0.25, -0.2) is 0 Å². The van der Waals surface area contributed by atoms with Crippen LogP contribution in [0.1, 0.15) is 17.0 Å². The topological polar surface area (TPSA) is 84.4 Å². The van der Waals surface area contributed by atoms with Gasteiger partial charge in [-0.05, 0) is 38.6 Å². The molecule has 6 nitrogen and oxygen atoms in total. The molecule has 0 aliphatic rings. The van der Waals surface area contributed by atoms with Crippen molar-refractivity contribution < 1.29 is 9.32 Å². The minimum absolute atomic E-state index is 0.117. The Kier molecular flexibility index (Phi) is 4.59. The van der Waals surface area contributed by atoms with E-state index in [1.165, 1.54) is 0 Å². The number of nitrogen functional groups attached to an aromatic ring is 1. The molecule has 112 valence electrons. The summed E-state index contributed by atoms with van der Waals surface area (Å²) in [5, 5.41) is 6.71. The normalized spacial score (nSPS) is 10.9. The molecule has 0 saturated heterocycles. The Morgan fingerprint density at radius 2 is 2.14 bits per heavy atom. The molecule has 0 unspecified atom stereocenters. The fourth-order valence-electron chi connectivity index (χ4n) is 2.06. The predicted octanol–water partition coefficient (Wildman–Crippen LogP) is 1.94. The second-order valence-corrected chi connectivity index (χ2v) is 5.24. The Bertz CT molecular complexity index is 636. The van der Waals surface area contributed by atoms with Crippen LogP contribution >= 0.6 is 0 Å². The maximum atomic E-state index is 12.0. The smallest absolute Gasteiger partial charge is 0.238 e. The van der Waals surface area contributed by atoms with E-state index in [0.29, 0.717) is 17.9 Å². The zero-order chi connectivity index (χ0) is 15.4. The van der Waals surface area contributed by atoms with Gasteiger partial charge >= 0.3 is 0 Å². The zero-order valence-electron chi connectivity index (χ0n) is 12.5. The van der Waals surface area contributed by atoms with Crippen LogP contribution in [0.4, 0.5) is 11.4 Å². The largest absolute Gasteiger partial charge is 0.397 e. The van der Waals surface area contributed by atoms with Gasteiger partial charge in [-0.3, -0.25) is 9.69 Å². The Labute approximate surface area is 123 Å². The van der Waals surface area contributed by atoms with E-state index in [0.717, 1.165) is 17.0 Å². The second-order valence-electron chi connectivity index (χ2n) is 5.24. The molecule has 0 fully saturated rings. The molecule has 1 aromatic heterocycles. The number of amides is 1. The summed E-state index contributed by atoms with van der Waals surface area (Å²) in [6, 6.07) is 7.40. The van der Waals surface area contributed by atoms with Crippen molar-refractivity contribution in [2.75, 3.05) is 24.6 Å². The van der Waals surface area contributed by atoms with E-state index >= 15 is 0 Å². The SMILES string of the molecule is Cc1ccc(NC(=O)CN(C)Cc2cc(C)on2)c(N)c1. The van der Waals surface area contributed by atoms with Crippen molar-refractivity contribution in [2.24, 2.45) is 0 Å². The molecule has 0 saturated carbocycles. The van der Waals surface area contributed by atoms with Crippen LogP contribution in [0.25, 0.3) is 0 Å². The lowest BCUT2D eigenvalue weighted by atomic mass is 10.2. The van der Waals surface area contributed by atoms with Crippen molar-refractivity contribution in [1.82, 2.24) is 10.1 Å². The van der Waals surface area contributed by atoms with Gasteiger partial charge in [0.15, 0.2) is 0 Å². The third kappa shape index (κ3) is 4.32. The van der Waals surface area contributed by atoms with Crippen LogP contribution in [0.3, 0.4) is 0 Å². The van der Waals surface area contributed by atoms with Crippen molar-refractivity contribution in [2.45, 2.75) is 20.4 Å². The lowest BCUT2D eigenvalue weighted by Crippen LogP contribution is -2.30. The second kappa shape index (κ2) is 6.41. The van der Waals surface area contributed by atoms with Gasteiger partial charge < -0.3 is 15.6 Å². The predicted molar refractivity (Wildman–Crippen MR) is 81.8 cm³/mol. The van der Waals surface area contributed by atoms with Gasteiger partial charge in [-0.1, -0.05) is 11.2 Å². The number of hydrogen-bond donors (Lipinski definition) is 2. The number of carbonyl (C=O) groups is 1. The van der Waals surface area contributed by atoms with Crippen LogP contribution < -0.4 is 11.1 Å². The third-order valence-corrected chi connectivity index (χ3v) is 3.00. The van der Waals surface area contributed by atoms with Gasteiger partial charge in [-0.15, -0.1) is 0 Å². The molecule has 1 heterocycles. The fraction of sp³-hybridized carbons (Fsp3) is 0.333. The summed E-state index contributed by atoms with van der Waals surface area (Å²) in [6.45, 7) is 4.59. The number of nitrogens with zero attached hydrogens (tertiary/aromatic N) is 2. The Hall–Kier alpha value is -2.34. The van der Waals surface area contributed by atoms with E-state index in [4.69, 9.17) is 10.3 Å². The van der Waals surface area contributed by atoms with Crippen LogP contribution in [-0.4, -0.2) is 29.6 Å². The molecule has 6 heteroatoms. The minimum atomic E-state index is -0.117. The molecule has 0 atom stereocenters. The molecule has 21 heavy (non-hydrogen) atoms. The van der Waals surface area contributed by atoms with E-state index in [9.17, 15) is 4.79 Å². The molecule has 3 N–H and O–H groups in total. The lowest BCUT2D eigenvalue weighted by Gasteiger charge is -2.15. The van der Waals surface area contributed by atoms with Crippen molar-refractivity contribution in [1.29, 1.82) is 0 Å². The number of aromatic nitrogens is 1. The average molecular weight is 288 g/mol. The number of aryl methyl sites for hydroxylation is 2. The summed E-state index contributed by atoms with van der Waals surface area (Å²) < 4.78 is 5.00. The van der Waals surface area contributed by atoms with E-state index in [2.05, 4.69) is 10.5 Å². The number of benzene rings is 1. The van der Waals surface area contributed by atoms with Crippen LogP contribution in [-0.2, 0) is 11.3 Å². The molecule has 0 spiro atoms. The number of rotatable bonds is 5. The first-order chi connectivity index (χ1) is 9.94. The summed E-state index contributed by atoms with van der Waals surface area (Å²) in [6.07, 6.45) is 0. The van der Waals surface area contributed by atoms with Gasteiger partial charge in [0.05, 0.1) is 23.6 Å². The molecule has 0 aliphatic carbocycles. The Morgan fingerprint density at radius 3 is 2.76 bits per heavy atom. The van der Waals surface area contributed by atoms with E-state index in [1.807, 2.05) is 50.1 Å². The maximum absolute atomic E-state index is 12.0. The highest BCUT2D eigenvalue weighted by atomic mass is 16.5. The highest BCUT2D eigenvalue weighted by Crippen LogP contribution is 2.19.